The monoisotopic (exact) mass is 670 g/mol. The maximum atomic E-state index is 13.9. The molecule has 4 aromatic rings. The van der Waals surface area contributed by atoms with Gasteiger partial charge in [0, 0.05) is 94.2 Å². The lowest BCUT2D eigenvalue weighted by Gasteiger charge is -2.32. The summed E-state index contributed by atoms with van der Waals surface area (Å²) in [6.07, 6.45) is 7.85. The molecule has 1 unspecified atom stereocenters. The number of fused-ring (bicyclic) bond motifs is 1. The summed E-state index contributed by atoms with van der Waals surface area (Å²) >= 11 is 0. The molecule has 10 nitrogen and oxygen atoms in total. The Bertz CT molecular complexity index is 1800. The van der Waals surface area contributed by atoms with Crippen molar-refractivity contribution in [3.8, 4) is 0 Å². The van der Waals surface area contributed by atoms with Gasteiger partial charge in [-0.2, -0.15) is 4.98 Å². The highest BCUT2D eigenvalue weighted by Crippen LogP contribution is 2.30. The number of rotatable bonds is 11. The van der Waals surface area contributed by atoms with Gasteiger partial charge in [-0.25, -0.2) is 13.3 Å². The molecular weight excluding hydrogens is 626 g/mol. The maximum Gasteiger partial charge on any atom is 0.253 e. The maximum absolute atomic E-state index is 13.9. The van der Waals surface area contributed by atoms with E-state index in [1.165, 1.54) is 0 Å². The van der Waals surface area contributed by atoms with E-state index >= 15 is 0 Å². The van der Waals surface area contributed by atoms with Crippen LogP contribution in [0.2, 0.25) is 0 Å². The molecule has 3 aromatic heterocycles. The van der Waals surface area contributed by atoms with E-state index in [9.17, 15) is 18.4 Å². The first kappa shape index (κ1) is 34.0. The molecule has 1 saturated heterocycles. The van der Waals surface area contributed by atoms with Crippen LogP contribution in [0.3, 0.4) is 0 Å². The molecule has 258 valence electrons. The molecule has 0 spiro atoms. The second-order valence-electron chi connectivity index (χ2n) is 13.2. The summed E-state index contributed by atoms with van der Waals surface area (Å²) in [5, 5.41) is 7.85. The number of halogens is 2. The SMILES string of the molecule is CCCC(F)(F)CCC(=O)N1CC=C(c2cccn3nc(Nc4ccc(C(=O)N5CCCC(c6ccc(N(C)C)cn6)C5)cc4)nc23)CC1. The quantitative estimate of drug-likeness (QED) is 0.188. The Labute approximate surface area is 285 Å². The molecule has 12 heteroatoms. The fraction of sp³-hybridized carbons (Fsp3) is 0.432. The Kier molecular flexibility index (Phi) is 10.2. The van der Waals surface area contributed by atoms with Gasteiger partial charge in [-0.1, -0.05) is 19.4 Å². The molecule has 0 aliphatic carbocycles. The predicted molar refractivity (Wildman–Crippen MR) is 187 cm³/mol. The lowest BCUT2D eigenvalue weighted by Crippen LogP contribution is -2.39. The Morgan fingerprint density at radius 2 is 1.86 bits per heavy atom. The van der Waals surface area contributed by atoms with Crippen molar-refractivity contribution in [2.45, 2.75) is 63.7 Å². The van der Waals surface area contributed by atoms with E-state index in [1.54, 1.807) is 16.3 Å². The van der Waals surface area contributed by atoms with Crippen LogP contribution in [0, 0.1) is 0 Å². The summed E-state index contributed by atoms with van der Waals surface area (Å²) in [4.78, 5) is 41.1. The largest absolute Gasteiger partial charge is 0.376 e. The third kappa shape index (κ3) is 8.06. The third-order valence-electron chi connectivity index (χ3n) is 9.39. The van der Waals surface area contributed by atoms with Gasteiger partial charge in [-0.05, 0) is 73.4 Å². The van der Waals surface area contributed by atoms with E-state index < -0.39 is 12.3 Å². The first-order chi connectivity index (χ1) is 23.6. The predicted octanol–water partition coefficient (Wildman–Crippen LogP) is 6.79. The number of amides is 2. The molecule has 0 bridgehead atoms. The standard InChI is InChI=1S/C37H44F2N8O2/c1-4-18-37(38,39)19-15-33(48)45-22-16-26(17-23-45)31-8-6-21-47-34(31)42-36(43-47)41-29-11-9-27(10-12-29)35(49)46-20-5-7-28(25-46)32-14-13-30(24-40-32)44(2)3/h6,8-14,16,21,24,28H,4-5,7,15,17-20,22-23,25H2,1-3H3,(H,41,43). The number of nitrogens with one attached hydrogen (secondary N) is 1. The van der Waals surface area contributed by atoms with Gasteiger partial charge in [0.1, 0.15) is 0 Å². The van der Waals surface area contributed by atoms with Crippen LogP contribution in [0.25, 0.3) is 11.2 Å². The molecule has 1 aromatic carbocycles. The fourth-order valence-corrected chi connectivity index (χ4v) is 6.60. The number of hydrogen-bond donors (Lipinski definition) is 1. The Hall–Kier alpha value is -4.87. The first-order valence-corrected chi connectivity index (χ1v) is 17.1. The zero-order valence-electron chi connectivity index (χ0n) is 28.4. The molecule has 1 N–H and O–H groups in total. The second-order valence-corrected chi connectivity index (χ2v) is 13.2. The number of anilines is 3. The minimum absolute atomic E-state index is 0.00659. The van der Waals surface area contributed by atoms with Crippen molar-refractivity contribution in [2.75, 3.05) is 50.5 Å². The molecule has 0 saturated carbocycles. The molecular formula is C37H44F2N8O2. The van der Waals surface area contributed by atoms with Crippen molar-refractivity contribution in [2.24, 2.45) is 0 Å². The van der Waals surface area contributed by atoms with Crippen LogP contribution in [0.5, 0.6) is 0 Å². The average Bonchev–Trinajstić information content (AvgIpc) is 3.53. The highest BCUT2D eigenvalue weighted by molar-refractivity contribution is 5.94. The molecule has 2 aliphatic rings. The number of carbonyl (C=O) groups excluding carboxylic acids is 2. The topological polar surface area (TPSA) is 99.0 Å². The van der Waals surface area contributed by atoms with E-state index in [0.717, 1.165) is 47.6 Å². The fourth-order valence-electron chi connectivity index (χ4n) is 6.60. The van der Waals surface area contributed by atoms with Crippen molar-refractivity contribution in [1.29, 1.82) is 0 Å². The van der Waals surface area contributed by atoms with Gasteiger partial charge in [-0.15, -0.1) is 5.10 Å². The van der Waals surface area contributed by atoms with E-state index in [0.29, 0.717) is 49.6 Å². The summed E-state index contributed by atoms with van der Waals surface area (Å²) < 4.78 is 29.5. The zero-order chi connectivity index (χ0) is 34.5. The lowest BCUT2D eigenvalue weighted by molar-refractivity contribution is -0.133. The number of benzene rings is 1. The number of nitrogens with zero attached hydrogens (tertiary/aromatic N) is 7. The molecule has 49 heavy (non-hydrogen) atoms. The summed E-state index contributed by atoms with van der Waals surface area (Å²) in [5.41, 5.74) is 6.07. The molecule has 2 aliphatic heterocycles. The van der Waals surface area contributed by atoms with E-state index in [4.69, 9.17) is 4.98 Å². The van der Waals surface area contributed by atoms with Gasteiger partial charge in [0.2, 0.25) is 17.8 Å². The Morgan fingerprint density at radius 3 is 2.55 bits per heavy atom. The molecule has 0 radical (unpaired) electrons. The van der Waals surface area contributed by atoms with Crippen LogP contribution in [0.4, 0.5) is 26.1 Å². The molecule has 1 fully saturated rings. The van der Waals surface area contributed by atoms with Crippen LogP contribution < -0.4 is 10.2 Å². The number of piperidine rings is 1. The van der Waals surface area contributed by atoms with Crippen LogP contribution in [0.15, 0.2) is 67.0 Å². The molecule has 1 atom stereocenters. The second kappa shape index (κ2) is 14.7. The minimum atomic E-state index is -2.80. The first-order valence-electron chi connectivity index (χ1n) is 17.1. The number of hydrogen-bond acceptors (Lipinski definition) is 7. The van der Waals surface area contributed by atoms with Gasteiger partial charge >= 0.3 is 0 Å². The third-order valence-corrected chi connectivity index (χ3v) is 9.39. The van der Waals surface area contributed by atoms with Crippen LogP contribution in [-0.4, -0.2) is 87.4 Å². The van der Waals surface area contributed by atoms with E-state index in [1.807, 2.05) is 78.8 Å². The summed E-state index contributed by atoms with van der Waals surface area (Å²) in [7, 11) is 3.98. The summed E-state index contributed by atoms with van der Waals surface area (Å²) in [5.74, 6) is -2.41. The van der Waals surface area contributed by atoms with Crippen molar-refractivity contribution in [1.82, 2.24) is 29.4 Å². The summed E-state index contributed by atoms with van der Waals surface area (Å²) in [6.45, 7) is 3.93. The van der Waals surface area contributed by atoms with Crippen molar-refractivity contribution in [3.05, 3.63) is 83.8 Å². The van der Waals surface area contributed by atoms with Gasteiger partial charge < -0.3 is 20.0 Å². The molecule has 2 amide bonds. The van der Waals surface area contributed by atoms with Crippen molar-refractivity contribution < 1.29 is 18.4 Å². The van der Waals surface area contributed by atoms with Crippen molar-refractivity contribution in [3.63, 3.8) is 0 Å². The van der Waals surface area contributed by atoms with Gasteiger partial charge in [0.05, 0.1) is 11.9 Å². The molecule has 5 heterocycles. The van der Waals surface area contributed by atoms with Crippen LogP contribution in [0.1, 0.15) is 79.4 Å². The van der Waals surface area contributed by atoms with Gasteiger partial charge in [-0.3, -0.25) is 14.6 Å². The van der Waals surface area contributed by atoms with Crippen LogP contribution >= 0.6 is 0 Å². The minimum Gasteiger partial charge on any atom is -0.376 e. The van der Waals surface area contributed by atoms with Gasteiger partial charge in [0.25, 0.3) is 5.91 Å². The van der Waals surface area contributed by atoms with E-state index in [-0.39, 0.29) is 30.6 Å². The van der Waals surface area contributed by atoms with Crippen molar-refractivity contribution >= 4 is 40.4 Å². The number of aromatic nitrogens is 4. The number of carbonyl (C=O) groups is 2. The lowest BCUT2D eigenvalue weighted by atomic mass is 9.93. The molecule has 6 rings (SSSR count). The normalized spacial score (nSPS) is 16.8. The number of alkyl halides is 2. The van der Waals surface area contributed by atoms with E-state index in [2.05, 4.69) is 27.5 Å². The smallest absolute Gasteiger partial charge is 0.253 e. The Morgan fingerprint density at radius 1 is 1.04 bits per heavy atom. The summed E-state index contributed by atoms with van der Waals surface area (Å²) in [6, 6.07) is 15.4. The number of pyridine rings is 2. The van der Waals surface area contributed by atoms with Gasteiger partial charge in [0.15, 0.2) is 5.65 Å². The average molecular weight is 671 g/mol. The number of likely N-dealkylation sites (tertiary alicyclic amines) is 1. The zero-order valence-corrected chi connectivity index (χ0v) is 28.4. The highest BCUT2D eigenvalue weighted by Gasteiger charge is 2.30. The van der Waals surface area contributed by atoms with Crippen LogP contribution in [-0.2, 0) is 4.79 Å². The Balaban J connectivity index is 1.07. The highest BCUT2D eigenvalue weighted by atomic mass is 19.3.